The number of halogens is 1. The minimum Gasteiger partial charge on any atom is -0.293 e. The summed E-state index contributed by atoms with van der Waals surface area (Å²) in [5.74, 6) is 0.763. The molecule has 0 radical (unpaired) electrons. The van der Waals surface area contributed by atoms with Gasteiger partial charge >= 0.3 is 0 Å². The molecule has 0 aliphatic carbocycles. The van der Waals surface area contributed by atoms with Gasteiger partial charge in [0.15, 0.2) is 5.82 Å². The smallest absolute Gasteiger partial charge is 0.225 e. The van der Waals surface area contributed by atoms with Crippen LogP contribution in [0.4, 0.5) is 0 Å². The van der Waals surface area contributed by atoms with Gasteiger partial charge in [0.05, 0.1) is 6.54 Å². The van der Waals surface area contributed by atoms with Crippen LogP contribution >= 0.6 is 11.6 Å². The molecule has 0 bridgehead atoms. The second-order valence-corrected chi connectivity index (χ2v) is 4.89. The Morgan fingerprint density at radius 2 is 1.90 bits per heavy atom. The second kappa shape index (κ2) is 5.43. The topological polar surface area (TPSA) is 43.6 Å². The average Bonchev–Trinajstić information content (AvgIpc) is 2.84. The number of nitrogens with zero attached hydrogens (tertiary/aromatic N) is 4. The first-order chi connectivity index (χ1) is 9.75. The van der Waals surface area contributed by atoms with Crippen LogP contribution in [0, 0.1) is 6.92 Å². The lowest BCUT2D eigenvalue weighted by Crippen LogP contribution is -2.04. The summed E-state index contributed by atoms with van der Waals surface area (Å²) >= 11 is 6.17. The quantitative estimate of drug-likeness (QED) is 0.741. The van der Waals surface area contributed by atoms with Gasteiger partial charge in [-0.2, -0.15) is 0 Å². The van der Waals surface area contributed by atoms with E-state index >= 15 is 0 Å². The van der Waals surface area contributed by atoms with Crippen LogP contribution in [0.3, 0.4) is 0 Å². The Morgan fingerprint density at radius 1 is 1.10 bits per heavy atom. The van der Waals surface area contributed by atoms with Crippen LogP contribution in [0.5, 0.6) is 0 Å². The van der Waals surface area contributed by atoms with Gasteiger partial charge in [-0.25, -0.2) is 0 Å². The molecule has 0 spiro atoms. The summed E-state index contributed by atoms with van der Waals surface area (Å²) in [6, 6.07) is 11.9. The van der Waals surface area contributed by atoms with Crippen molar-refractivity contribution in [1.82, 2.24) is 19.7 Å². The van der Waals surface area contributed by atoms with E-state index in [4.69, 9.17) is 11.6 Å². The number of hydrogen-bond acceptors (Lipinski definition) is 3. The lowest BCUT2D eigenvalue weighted by molar-refractivity contribution is 0.794. The minimum atomic E-state index is 0.382. The number of hydrogen-bond donors (Lipinski definition) is 0. The molecular weight excluding hydrogens is 272 g/mol. The van der Waals surface area contributed by atoms with Gasteiger partial charge in [0, 0.05) is 18.0 Å². The summed E-state index contributed by atoms with van der Waals surface area (Å²) in [7, 11) is 0. The third kappa shape index (κ3) is 2.42. The summed E-state index contributed by atoms with van der Waals surface area (Å²) < 4.78 is 1.89. The fourth-order valence-electron chi connectivity index (χ4n) is 2.06. The molecule has 3 rings (SSSR count). The Kier molecular flexibility index (Phi) is 3.48. The molecule has 0 fully saturated rings. The molecule has 0 saturated heterocycles. The van der Waals surface area contributed by atoms with Crippen molar-refractivity contribution in [2.75, 3.05) is 0 Å². The number of aromatic nitrogens is 4. The predicted molar refractivity (Wildman–Crippen MR) is 78.5 cm³/mol. The molecule has 3 aromatic rings. The first-order valence-electron chi connectivity index (χ1n) is 6.29. The molecule has 0 aliphatic heterocycles. The van der Waals surface area contributed by atoms with Crippen molar-refractivity contribution in [2.45, 2.75) is 13.5 Å². The fraction of sp³-hybridized carbons (Fsp3) is 0.133. The fourth-order valence-corrected chi connectivity index (χ4v) is 2.24. The highest BCUT2D eigenvalue weighted by Gasteiger charge is 2.13. The van der Waals surface area contributed by atoms with Gasteiger partial charge in [0.2, 0.25) is 5.28 Å². The standard InChI is InChI=1S/C15H13ClN4/c1-11-7-8-17-9-13(11)10-20-14(18-19-15(20)16)12-5-3-2-4-6-12/h2-9H,10H2,1H3. The summed E-state index contributed by atoms with van der Waals surface area (Å²) in [5, 5.41) is 8.53. The van der Waals surface area contributed by atoms with Crippen molar-refractivity contribution in [3.05, 3.63) is 65.2 Å². The Hall–Kier alpha value is -2.20. The molecule has 0 unspecified atom stereocenters. The minimum absolute atomic E-state index is 0.382. The van der Waals surface area contributed by atoms with Crippen LogP contribution in [-0.2, 0) is 6.54 Å². The number of benzene rings is 1. The Morgan fingerprint density at radius 3 is 2.65 bits per heavy atom. The maximum Gasteiger partial charge on any atom is 0.225 e. The predicted octanol–water partition coefficient (Wildman–Crippen LogP) is 3.35. The first-order valence-corrected chi connectivity index (χ1v) is 6.67. The van der Waals surface area contributed by atoms with E-state index in [0.717, 1.165) is 17.0 Å². The van der Waals surface area contributed by atoms with Crippen molar-refractivity contribution in [1.29, 1.82) is 0 Å². The molecule has 4 nitrogen and oxygen atoms in total. The third-order valence-electron chi connectivity index (χ3n) is 3.21. The van der Waals surface area contributed by atoms with Crippen molar-refractivity contribution in [2.24, 2.45) is 0 Å². The van der Waals surface area contributed by atoms with E-state index in [0.29, 0.717) is 11.8 Å². The molecule has 0 saturated carbocycles. The summed E-state index contributed by atoms with van der Waals surface area (Å²) in [5.41, 5.74) is 3.27. The largest absolute Gasteiger partial charge is 0.293 e. The highest BCUT2D eigenvalue weighted by molar-refractivity contribution is 6.28. The molecule has 0 amide bonds. The molecule has 0 aliphatic rings. The van der Waals surface area contributed by atoms with E-state index in [2.05, 4.69) is 22.1 Å². The van der Waals surface area contributed by atoms with Crippen LogP contribution in [-0.4, -0.2) is 19.7 Å². The van der Waals surface area contributed by atoms with E-state index in [1.165, 1.54) is 5.56 Å². The highest BCUT2D eigenvalue weighted by atomic mass is 35.5. The molecule has 2 heterocycles. The molecule has 1 aromatic carbocycles. The zero-order chi connectivity index (χ0) is 13.9. The molecule has 0 N–H and O–H groups in total. The molecular formula is C15H13ClN4. The maximum atomic E-state index is 6.17. The van der Waals surface area contributed by atoms with Crippen LogP contribution in [0.2, 0.25) is 5.28 Å². The van der Waals surface area contributed by atoms with E-state index in [9.17, 15) is 0 Å². The van der Waals surface area contributed by atoms with Crippen LogP contribution in [0.15, 0.2) is 48.8 Å². The summed E-state index contributed by atoms with van der Waals surface area (Å²) in [4.78, 5) is 4.16. The van der Waals surface area contributed by atoms with Crippen molar-refractivity contribution < 1.29 is 0 Å². The van der Waals surface area contributed by atoms with E-state index in [-0.39, 0.29) is 0 Å². The van der Waals surface area contributed by atoms with E-state index in [1.54, 1.807) is 6.20 Å². The Bertz CT molecular complexity index is 722. The molecule has 5 heteroatoms. The third-order valence-corrected chi connectivity index (χ3v) is 3.49. The normalized spacial score (nSPS) is 10.7. The lowest BCUT2D eigenvalue weighted by Gasteiger charge is -2.09. The van der Waals surface area contributed by atoms with Crippen molar-refractivity contribution in [3.63, 3.8) is 0 Å². The van der Waals surface area contributed by atoms with Crippen LogP contribution in [0.1, 0.15) is 11.1 Å². The van der Waals surface area contributed by atoms with Gasteiger partial charge in [-0.1, -0.05) is 30.3 Å². The SMILES string of the molecule is Cc1ccncc1Cn1c(Cl)nnc1-c1ccccc1. The highest BCUT2D eigenvalue weighted by Crippen LogP contribution is 2.22. The van der Waals surface area contributed by atoms with Crippen LogP contribution in [0.25, 0.3) is 11.4 Å². The number of aryl methyl sites for hydroxylation is 1. The van der Waals surface area contributed by atoms with Gasteiger partial charge in [0.25, 0.3) is 0 Å². The molecule has 0 atom stereocenters. The second-order valence-electron chi connectivity index (χ2n) is 4.55. The first kappa shape index (κ1) is 12.8. The molecule has 20 heavy (non-hydrogen) atoms. The van der Waals surface area contributed by atoms with E-state index in [1.807, 2.05) is 47.2 Å². The Balaban J connectivity index is 2.03. The zero-order valence-corrected chi connectivity index (χ0v) is 11.7. The van der Waals surface area contributed by atoms with Gasteiger partial charge in [-0.05, 0) is 35.7 Å². The van der Waals surface area contributed by atoms with Gasteiger partial charge in [0.1, 0.15) is 0 Å². The zero-order valence-electron chi connectivity index (χ0n) is 11.0. The van der Waals surface area contributed by atoms with Gasteiger partial charge < -0.3 is 0 Å². The van der Waals surface area contributed by atoms with Crippen molar-refractivity contribution in [3.8, 4) is 11.4 Å². The van der Waals surface area contributed by atoms with E-state index < -0.39 is 0 Å². The summed E-state index contributed by atoms with van der Waals surface area (Å²) in [6.07, 6.45) is 3.63. The molecule has 2 aromatic heterocycles. The van der Waals surface area contributed by atoms with Crippen molar-refractivity contribution >= 4 is 11.6 Å². The summed E-state index contributed by atoms with van der Waals surface area (Å²) in [6.45, 7) is 2.66. The molecule has 100 valence electrons. The number of rotatable bonds is 3. The van der Waals surface area contributed by atoms with Gasteiger partial charge in [-0.15, -0.1) is 10.2 Å². The maximum absolute atomic E-state index is 6.17. The average molecular weight is 285 g/mol. The lowest BCUT2D eigenvalue weighted by atomic mass is 10.1. The van der Waals surface area contributed by atoms with Gasteiger partial charge in [-0.3, -0.25) is 9.55 Å². The monoisotopic (exact) mass is 284 g/mol. The number of pyridine rings is 1. The van der Waals surface area contributed by atoms with Crippen LogP contribution < -0.4 is 0 Å². The Labute approximate surface area is 122 Å².